The summed E-state index contributed by atoms with van der Waals surface area (Å²) in [5, 5.41) is 19.0. The zero-order valence-electron chi connectivity index (χ0n) is 7.58. The van der Waals surface area contributed by atoms with Crippen molar-refractivity contribution in [3.8, 4) is 0 Å². The third kappa shape index (κ3) is 2.40. The molecule has 0 radical (unpaired) electrons. The fourth-order valence-electron chi connectivity index (χ4n) is 1.15. The van der Waals surface area contributed by atoms with Crippen molar-refractivity contribution in [3.63, 3.8) is 0 Å². The van der Waals surface area contributed by atoms with E-state index in [-0.39, 0.29) is 6.61 Å². The van der Waals surface area contributed by atoms with E-state index in [4.69, 9.17) is 16.7 Å². The summed E-state index contributed by atoms with van der Waals surface area (Å²) in [6.07, 6.45) is 0. The number of nitrogens with zero attached hydrogens (tertiary/aromatic N) is 1. The fourth-order valence-corrected chi connectivity index (χ4v) is 1.32. The van der Waals surface area contributed by atoms with Crippen molar-refractivity contribution in [2.75, 3.05) is 0 Å². The summed E-state index contributed by atoms with van der Waals surface area (Å²) < 4.78 is 0. The summed E-state index contributed by atoms with van der Waals surface area (Å²) in [4.78, 5) is 3.91. The molecule has 0 aliphatic heterocycles. The maximum absolute atomic E-state index is 9.70. The minimum Gasteiger partial charge on any atom is -0.390 e. The molecule has 0 aliphatic rings. The molecule has 0 amide bonds. The minimum absolute atomic E-state index is 0.222. The van der Waals surface area contributed by atoms with Crippen LogP contribution in [0.5, 0.6) is 0 Å². The Balaban J connectivity index is 3.22. The van der Waals surface area contributed by atoms with E-state index in [1.54, 1.807) is 26.0 Å². The number of halogens is 1. The molecule has 1 heterocycles. The van der Waals surface area contributed by atoms with Gasteiger partial charge in [0.25, 0.3) is 0 Å². The van der Waals surface area contributed by atoms with E-state index in [0.717, 1.165) is 0 Å². The van der Waals surface area contributed by atoms with Gasteiger partial charge in [-0.2, -0.15) is 0 Å². The summed E-state index contributed by atoms with van der Waals surface area (Å²) in [5.41, 5.74) is 0.00902. The Kier molecular flexibility index (Phi) is 2.91. The quantitative estimate of drug-likeness (QED) is 0.713. The van der Waals surface area contributed by atoms with Crippen LogP contribution in [-0.4, -0.2) is 15.2 Å². The molecule has 0 bridgehead atoms. The van der Waals surface area contributed by atoms with Crippen molar-refractivity contribution >= 4 is 11.6 Å². The maximum Gasteiger partial charge on any atom is 0.129 e. The summed E-state index contributed by atoms with van der Waals surface area (Å²) >= 11 is 5.64. The molecule has 0 aliphatic carbocycles. The average molecular weight is 202 g/mol. The SMILES string of the molecule is CC(C)(O)c1ccc(Cl)nc1CO. The molecule has 0 atom stereocenters. The number of pyridine rings is 1. The Hall–Kier alpha value is -0.640. The molecule has 1 aromatic heterocycles. The topological polar surface area (TPSA) is 53.4 Å². The Morgan fingerprint density at radius 1 is 1.46 bits per heavy atom. The lowest BCUT2D eigenvalue weighted by atomic mass is 9.97. The molecule has 72 valence electrons. The molecular weight excluding hydrogens is 190 g/mol. The van der Waals surface area contributed by atoms with Crippen LogP contribution in [-0.2, 0) is 12.2 Å². The third-order valence-corrected chi connectivity index (χ3v) is 1.96. The van der Waals surface area contributed by atoms with Crippen LogP contribution >= 0.6 is 11.6 Å². The van der Waals surface area contributed by atoms with Gasteiger partial charge in [0.15, 0.2) is 0 Å². The lowest BCUT2D eigenvalue weighted by Gasteiger charge is -2.20. The van der Waals surface area contributed by atoms with E-state index in [1.807, 2.05) is 0 Å². The zero-order chi connectivity index (χ0) is 10.1. The first-order valence-electron chi connectivity index (χ1n) is 3.94. The van der Waals surface area contributed by atoms with E-state index in [0.29, 0.717) is 16.4 Å². The first kappa shape index (κ1) is 10.4. The molecule has 1 aromatic rings. The molecule has 3 nitrogen and oxygen atoms in total. The predicted octanol–water partition coefficient (Wildman–Crippen LogP) is 1.45. The Morgan fingerprint density at radius 2 is 2.08 bits per heavy atom. The van der Waals surface area contributed by atoms with Gasteiger partial charge in [-0.15, -0.1) is 0 Å². The fraction of sp³-hybridized carbons (Fsp3) is 0.444. The second-order valence-electron chi connectivity index (χ2n) is 3.35. The molecule has 0 spiro atoms. The largest absolute Gasteiger partial charge is 0.390 e. The van der Waals surface area contributed by atoms with Gasteiger partial charge in [-0.3, -0.25) is 0 Å². The highest BCUT2D eigenvalue weighted by Gasteiger charge is 2.20. The molecule has 0 saturated carbocycles. The molecule has 0 saturated heterocycles. The molecule has 0 aromatic carbocycles. The number of rotatable bonds is 2. The minimum atomic E-state index is -1.00. The second-order valence-corrected chi connectivity index (χ2v) is 3.73. The van der Waals surface area contributed by atoms with Crippen molar-refractivity contribution in [1.29, 1.82) is 0 Å². The maximum atomic E-state index is 9.70. The molecule has 0 unspecified atom stereocenters. The van der Waals surface area contributed by atoms with Crippen LogP contribution < -0.4 is 0 Å². The van der Waals surface area contributed by atoms with Gasteiger partial charge in [0.1, 0.15) is 5.15 Å². The van der Waals surface area contributed by atoms with Gasteiger partial charge < -0.3 is 10.2 Å². The smallest absolute Gasteiger partial charge is 0.129 e. The molecule has 1 rings (SSSR count). The third-order valence-electron chi connectivity index (χ3n) is 1.75. The van der Waals surface area contributed by atoms with Crippen LogP contribution in [0.2, 0.25) is 5.15 Å². The summed E-state index contributed by atoms with van der Waals surface area (Å²) in [7, 11) is 0. The van der Waals surface area contributed by atoms with Crippen molar-refractivity contribution < 1.29 is 10.2 Å². The monoisotopic (exact) mass is 201 g/mol. The van der Waals surface area contributed by atoms with Crippen molar-refractivity contribution in [2.24, 2.45) is 0 Å². The summed E-state index contributed by atoms with van der Waals surface area (Å²) in [6, 6.07) is 3.26. The summed E-state index contributed by atoms with van der Waals surface area (Å²) in [5.74, 6) is 0. The van der Waals surface area contributed by atoms with Crippen LogP contribution in [0, 0.1) is 0 Å². The van der Waals surface area contributed by atoms with Crippen LogP contribution in [0.25, 0.3) is 0 Å². The van der Waals surface area contributed by atoms with Crippen molar-refractivity contribution in [3.05, 3.63) is 28.5 Å². The Morgan fingerprint density at radius 3 is 2.54 bits per heavy atom. The molecule has 2 N–H and O–H groups in total. The number of aliphatic hydroxyl groups is 2. The van der Waals surface area contributed by atoms with E-state index in [1.165, 1.54) is 0 Å². The van der Waals surface area contributed by atoms with Gasteiger partial charge in [0.05, 0.1) is 17.9 Å². The van der Waals surface area contributed by atoms with Crippen LogP contribution in [0.1, 0.15) is 25.1 Å². The van der Waals surface area contributed by atoms with Gasteiger partial charge in [-0.05, 0) is 19.9 Å². The molecule has 0 fully saturated rings. The van der Waals surface area contributed by atoms with Crippen molar-refractivity contribution in [1.82, 2.24) is 4.98 Å². The van der Waals surface area contributed by atoms with E-state index in [2.05, 4.69) is 4.98 Å². The van der Waals surface area contributed by atoms with Crippen molar-refractivity contribution in [2.45, 2.75) is 26.1 Å². The van der Waals surface area contributed by atoms with E-state index >= 15 is 0 Å². The standard InChI is InChI=1S/C9H12ClNO2/c1-9(2,13)6-3-4-8(10)11-7(6)5-12/h3-4,12-13H,5H2,1-2H3. The highest BCUT2D eigenvalue weighted by molar-refractivity contribution is 6.29. The van der Waals surface area contributed by atoms with Gasteiger partial charge in [0, 0.05) is 5.56 Å². The molecule has 4 heteroatoms. The number of aromatic nitrogens is 1. The number of hydrogen-bond donors (Lipinski definition) is 2. The Labute approximate surface area is 82.0 Å². The highest BCUT2D eigenvalue weighted by Crippen LogP contribution is 2.23. The normalized spacial score (nSPS) is 11.8. The molecule has 13 heavy (non-hydrogen) atoms. The zero-order valence-corrected chi connectivity index (χ0v) is 8.34. The lowest BCUT2D eigenvalue weighted by molar-refractivity contribution is 0.0753. The molecular formula is C9H12ClNO2. The lowest BCUT2D eigenvalue weighted by Crippen LogP contribution is -2.19. The number of aliphatic hydroxyl groups excluding tert-OH is 1. The highest BCUT2D eigenvalue weighted by atomic mass is 35.5. The first-order chi connectivity index (χ1) is 5.95. The predicted molar refractivity (Wildman–Crippen MR) is 50.4 cm³/mol. The van der Waals surface area contributed by atoms with E-state index in [9.17, 15) is 5.11 Å². The Bertz CT molecular complexity index is 307. The van der Waals surface area contributed by atoms with Gasteiger partial charge >= 0.3 is 0 Å². The second kappa shape index (κ2) is 3.62. The summed E-state index contributed by atoms with van der Waals surface area (Å²) in [6.45, 7) is 3.05. The van der Waals surface area contributed by atoms with Gasteiger partial charge in [0.2, 0.25) is 0 Å². The van der Waals surface area contributed by atoms with Gasteiger partial charge in [-0.25, -0.2) is 4.98 Å². The number of hydrogen-bond acceptors (Lipinski definition) is 3. The van der Waals surface area contributed by atoms with Crippen LogP contribution in [0.3, 0.4) is 0 Å². The van der Waals surface area contributed by atoms with Crippen LogP contribution in [0.4, 0.5) is 0 Å². The van der Waals surface area contributed by atoms with E-state index < -0.39 is 5.60 Å². The first-order valence-corrected chi connectivity index (χ1v) is 4.32. The van der Waals surface area contributed by atoms with Gasteiger partial charge in [-0.1, -0.05) is 17.7 Å². The van der Waals surface area contributed by atoms with Crippen LogP contribution in [0.15, 0.2) is 12.1 Å². The average Bonchev–Trinajstić information content (AvgIpc) is 2.01.